The molecule has 0 aliphatic rings. The summed E-state index contributed by atoms with van der Waals surface area (Å²) in [6.07, 6.45) is 0.660. The number of nitrogens with zero attached hydrogens (tertiary/aromatic N) is 1. The molecule has 0 bridgehead atoms. The van der Waals surface area contributed by atoms with E-state index in [1.807, 2.05) is 20.8 Å². The van der Waals surface area contributed by atoms with Gasteiger partial charge in [0.1, 0.15) is 0 Å². The van der Waals surface area contributed by atoms with Crippen LogP contribution in [0.2, 0.25) is 0 Å². The molecule has 0 spiro atoms. The normalized spacial score (nSPS) is 13.2. The zero-order chi connectivity index (χ0) is 9.61. The summed E-state index contributed by atoms with van der Waals surface area (Å²) in [4.78, 5) is 3.99. The quantitative estimate of drug-likeness (QED) is 0.416. The van der Waals surface area contributed by atoms with Gasteiger partial charge < -0.3 is 16.2 Å². The highest BCUT2D eigenvalue weighted by atomic mass is 16.3. The number of hydrogen-bond acceptors (Lipinski definition) is 2. The molecule has 0 saturated carbocycles. The minimum absolute atomic E-state index is 0.152. The molecule has 12 heavy (non-hydrogen) atoms. The number of aliphatic hydroxyl groups excluding tert-OH is 1. The molecular formula is C8H19N3O. The van der Waals surface area contributed by atoms with Crippen molar-refractivity contribution in [3.8, 4) is 0 Å². The Bertz CT molecular complexity index is 154. The SMILES string of the molecule is CCN=C(N)NC(C)(C)CCO. The van der Waals surface area contributed by atoms with Gasteiger partial charge in [-0.2, -0.15) is 0 Å². The molecule has 0 aromatic rings. The van der Waals surface area contributed by atoms with Crippen LogP contribution >= 0.6 is 0 Å². The Morgan fingerprint density at radius 3 is 2.58 bits per heavy atom. The van der Waals surface area contributed by atoms with Crippen molar-refractivity contribution in [1.29, 1.82) is 0 Å². The van der Waals surface area contributed by atoms with Crippen molar-refractivity contribution in [1.82, 2.24) is 5.32 Å². The highest BCUT2D eigenvalue weighted by Gasteiger charge is 2.16. The zero-order valence-corrected chi connectivity index (χ0v) is 8.09. The van der Waals surface area contributed by atoms with E-state index < -0.39 is 0 Å². The van der Waals surface area contributed by atoms with E-state index >= 15 is 0 Å². The Morgan fingerprint density at radius 1 is 1.58 bits per heavy atom. The third-order valence-corrected chi connectivity index (χ3v) is 1.53. The van der Waals surface area contributed by atoms with Crippen LogP contribution in [0.4, 0.5) is 0 Å². The number of guanidine groups is 1. The molecule has 0 fully saturated rings. The number of hydrogen-bond donors (Lipinski definition) is 3. The lowest BCUT2D eigenvalue weighted by Crippen LogP contribution is -2.47. The van der Waals surface area contributed by atoms with Crippen molar-refractivity contribution in [3.05, 3.63) is 0 Å². The maximum absolute atomic E-state index is 8.72. The minimum Gasteiger partial charge on any atom is -0.396 e. The second kappa shape index (κ2) is 4.98. The average Bonchev–Trinajstić information content (AvgIpc) is 1.85. The zero-order valence-electron chi connectivity index (χ0n) is 8.09. The van der Waals surface area contributed by atoms with Gasteiger partial charge in [-0.15, -0.1) is 0 Å². The largest absolute Gasteiger partial charge is 0.396 e. The van der Waals surface area contributed by atoms with Gasteiger partial charge in [0.2, 0.25) is 0 Å². The molecule has 0 saturated heterocycles. The van der Waals surface area contributed by atoms with Crippen LogP contribution in [0.5, 0.6) is 0 Å². The van der Waals surface area contributed by atoms with Gasteiger partial charge in [-0.3, -0.25) is 4.99 Å². The van der Waals surface area contributed by atoms with Crippen molar-refractivity contribution in [2.24, 2.45) is 10.7 Å². The highest BCUT2D eigenvalue weighted by Crippen LogP contribution is 2.05. The van der Waals surface area contributed by atoms with Crippen molar-refractivity contribution in [3.63, 3.8) is 0 Å². The monoisotopic (exact) mass is 173 g/mol. The van der Waals surface area contributed by atoms with E-state index in [-0.39, 0.29) is 12.1 Å². The molecule has 0 unspecified atom stereocenters. The summed E-state index contributed by atoms with van der Waals surface area (Å²) in [6, 6.07) is 0. The molecule has 72 valence electrons. The fourth-order valence-corrected chi connectivity index (χ4v) is 0.899. The molecule has 0 aromatic heterocycles. The van der Waals surface area contributed by atoms with Gasteiger partial charge in [0.25, 0.3) is 0 Å². The molecule has 0 atom stereocenters. The van der Waals surface area contributed by atoms with Crippen LogP contribution in [0, 0.1) is 0 Å². The predicted molar refractivity (Wildman–Crippen MR) is 51.1 cm³/mol. The van der Waals surface area contributed by atoms with E-state index in [0.29, 0.717) is 18.9 Å². The van der Waals surface area contributed by atoms with Crippen LogP contribution in [0.15, 0.2) is 4.99 Å². The number of aliphatic imine (C=N–C) groups is 1. The first-order valence-corrected chi connectivity index (χ1v) is 4.21. The van der Waals surface area contributed by atoms with Gasteiger partial charge in [-0.1, -0.05) is 0 Å². The second-order valence-corrected chi connectivity index (χ2v) is 3.34. The van der Waals surface area contributed by atoms with Gasteiger partial charge in [0.15, 0.2) is 5.96 Å². The van der Waals surface area contributed by atoms with Crippen molar-refractivity contribution >= 4 is 5.96 Å². The molecule has 0 aromatic carbocycles. The molecule has 0 heterocycles. The van der Waals surface area contributed by atoms with Gasteiger partial charge in [0.05, 0.1) is 0 Å². The van der Waals surface area contributed by atoms with E-state index in [1.165, 1.54) is 0 Å². The maximum Gasteiger partial charge on any atom is 0.188 e. The molecular weight excluding hydrogens is 154 g/mol. The summed E-state index contributed by atoms with van der Waals surface area (Å²) in [7, 11) is 0. The number of nitrogens with one attached hydrogen (secondary N) is 1. The van der Waals surface area contributed by atoms with E-state index in [0.717, 1.165) is 0 Å². The standard InChI is InChI=1S/C8H19N3O/c1-4-10-7(9)11-8(2,3)5-6-12/h12H,4-6H2,1-3H3,(H3,9,10,11). The van der Waals surface area contributed by atoms with E-state index in [9.17, 15) is 0 Å². The highest BCUT2D eigenvalue weighted by molar-refractivity contribution is 5.78. The fraction of sp³-hybridized carbons (Fsp3) is 0.875. The molecule has 0 aliphatic carbocycles. The van der Waals surface area contributed by atoms with Crippen LogP contribution in [0.1, 0.15) is 27.2 Å². The Kier molecular flexibility index (Phi) is 4.66. The van der Waals surface area contributed by atoms with Gasteiger partial charge in [-0.05, 0) is 27.2 Å². The van der Waals surface area contributed by atoms with Gasteiger partial charge in [-0.25, -0.2) is 0 Å². The first-order valence-electron chi connectivity index (χ1n) is 4.21. The summed E-state index contributed by atoms with van der Waals surface area (Å²) in [5.74, 6) is 0.441. The Hall–Kier alpha value is -0.770. The summed E-state index contributed by atoms with van der Waals surface area (Å²) in [5, 5.41) is 11.7. The van der Waals surface area contributed by atoms with E-state index in [1.54, 1.807) is 0 Å². The third kappa shape index (κ3) is 4.96. The summed E-state index contributed by atoms with van der Waals surface area (Å²) < 4.78 is 0. The third-order valence-electron chi connectivity index (χ3n) is 1.53. The first kappa shape index (κ1) is 11.2. The lowest BCUT2D eigenvalue weighted by molar-refractivity contribution is 0.244. The lowest BCUT2D eigenvalue weighted by Gasteiger charge is -2.25. The van der Waals surface area contributed by atoms with Gasteiger partial charge in [0, 0.05) is 18.7 Å². The van der Waals surface area contributed by atoms with Crippen LogP contribution in [-0.4, -0.2) is 29.8 Å². The second-order valence-electron chi connectivity index (χ2n) is 3.34. The van der Waals surface area contributed by atoms with E-state index in [2.05, 4.69) is 10.3 Å². The lowest BCUT2D eigenvalue weighted by atomic mass is 10.0. The smallest absolute Gasteiger partial charge is 0.188 e. The molecule has 4 heteroatoms. The summed E-state index contributed by atoms with van der Waals surface area (Å²) in [5.41, 5.74) is 5.37. The Morgan fingerprint density at radius 2 is 2.17 bits per heavy atom. The maximum atomic E-state index is 8.72. The molecule has 4 nitrogen and oxygen atoms in total. The molecule has 0 amide bonds. The number of nitrogens with two attached hydrogens (primary N) is 1. The molecule has 0 radical (unpaired) electrons. The average molecular weight is 173 g/mol. The van der Waals surface area contributed by atoms with Crippen molar-refractivity contribution in [2.75, 3.05) is 13.2 Å². The van der Waals surface area contributed by atoms with Crippen LogP contribution in [-0.2, 0) is 0 Å². The topological polar surface area (TPSA) is 70.6 Å². The summed E-state index contributed by atoms with van der Waals surface area (Å²) in [6.45, 7) is 6.70. The Balaban J connectivity index is 3.95. The molecule has 0 aliphatic heterocycles. The van der Waals surface area contributed by atoms with Crippen LogP contribution in [0.3, 0.4) is 0 Å². The van der Waals surface area contributed by atoms with Crippen molar-refractivity contribution < 1.29 is 5.11 Å². The first-order chi connectivity index (χ1) is 5.52. The fourth-order valence-electron chi connectivity index (χ4n) is 0.899. The van der Waals surface area contributed by atoms with Crippen LogP contribution in [0.25, 0.3) is 0 Å². The predicted octanol–water partition coefficient (Wildman–Crippen LogP) is 0.0716. The minimum atomic E-state index is -0.183. The summed E-state index contributed by atoms with van der Waals surface area (Å²) >= 11 is 0. The number of rotatable bonds is 4. The van der Waals surface area contributed by atoms with E-state index in [4.69, 9.17) is 10.8 Å². The van der Waals surface area contributed by atoms with Crippen LogP contribution < -0.4 is 11.1 Å². The number of aliphatic hydroxyl groups is 1. The molecule has 4 N–H and O–H groups in total. The Labute approximate surface area is 73.9 Å². The van der Waals surface area contributed by atoms with Gasteiger partial charge >= 0.3 is 0 Å². The van der Waals surface area contributed by atoms with Crippen molar-refractivity contribution in [2.45, 2.75) is 32.7 Å². The molecule has 0 rings (SSSR count).